The number of halogens is 3. The summed E-state index contributed by atoms with van der Waals surface area (Å²) >= 11 is 0. The molecule has 0 fully saturated rings. The molecule has 0 saturated carbocycles. The minimum absolute atomic E-state index is 0.320. The van der Waals surface area contributed by atoms with E-state index in [1.165, 1.54) is 6.07 Å². The summed E-state index contributed by atoms with van der Waals surface area (Å²) in [6.45, 7) is 0. The van der Waals surface area contributed by atoms with E-state index in [4.69, 9.17) is 4.42 Å². The van der Waals surface area contributed by atoms with Crippen LogP contribution in [-0.2, 0) is 6.18 Å². The summed E-state index contributed by atoms with van der Waals surface area (Å²) in [5.74, 6) is 0.931. The van der Waals surface area contributed by atoms with Crippen LogP contribution in [0.25, 0.3) is 34.7 Å². The Balaban J connectivity index is 1.72. The van der Waals surface area contributed by atoms with Crippen molar-refractivity contribution >= 4 is 12.2 Å². The number of rotatable bonds is 4. The lowest BCUT2D eigenvalue weighted by Crippen LogP contribution is -2.04. The van der Waals surface area contributed by atoms with Gasteiger partial charge >= 0.3 is 6.18 Å². The van der Waals surface area contributed by atoms with Gasteiger partial charge in [0.05, 0.1) is 5.56 Å². The van der Waals surface area contributed by atoms with Crippen LogP contribution in [0.2, 0.25) is 0 Å². The number of hydrogen-bond acceptors (Lipinski definition) is 2. The van der Waals surface area contributed by atoms with Crippen molar-refractivity contribution in [3.63, 3.8) is 0 Å². The van der Waals surface area contributed by atoms with E-state index in [2.05, 4.69) is 4.98 Å². The maximum Gasteiger partial charge on any atom is 0.416 e. The van der Waals surface area contributed by atoms with Crippen LogP contribution in [0.1, 0.15) is 17.0 Å². The molecule has 1 heterocycles. The van der Waals surface area contributed by atoms with E-state index in [1.54, 1.807) is 18.2 Å². The number of hydrogen-bond donors (Lipinski definition) is 0. The van der Waals surface area contributed by atoms with Crippen LogP contribution in [0, 0.1) is 0 Å². The third kappa shape index (κ3) is 4.29. The van der Waals surface area contributed by atoms with Crippen LogP contribution in [0.3, 0.4) is 0 Å². The van der Waals surface area contributed by atoms with Gasteiger partial charge in [-0.15, -0.1) is 0 Å². The lowest BCUT2D eigenvalue weighted by atomic mass is 10.1. The van der Waals surface area contributed by atoms with Crippen LogP contribution in [0.15, 0.2) is 89.3 Å². The summed E-state index contributed by atoms with van der Waals surface area (Å²) in [7, 11) is 0. The summed E-state index contributed by atoms with van der Waals surface area (Å²) in [4.78, 5) is 4.57. The van der Waals surface area contributed by atoms with Gasteiger partial charge in [0.15, 0.2) is 5.76 Å². The molecule has 144 valence electrons. The van der Waals surface area contributed by atoms with Crippen molar-refractivity contribution in [3.8, 4) is 22.6 Å². The topological polar surface area (TPSA) is 26.0 Å². The van der Waals surface area contributed by atoms with E-state index in [9.17, 15) is 13.2 Å². The lowest BCUT2D eigenvalue weighted by Gasteiger charge is -2.06. The molecule has 0 amide bonds. The maximum absolute atomic E-state index is 12.9. The minimum Gasteiger partial charge on any atom is -0.436 e. The smallest absolute Gasteiger partial charge is 0.416 e. The Kier molecular flexibility index (Phi) is 5.04. The number of aromatic nitrogens is 1. The standard InChI is InChI=1S/C24H16F3NO/c25-24(26,27)20-13-7-8-17(16-20)14-15-21-28-22(18-9-3-1-4-10-18)23(29-21)19-11-5-2-6-12-19/h1-16H. The van der Waals surface area contributed by atoms with E-state index < -0.39 is 11.7 Å². The van der Waals surface area contributed by atoms with Gasteiger partial charge in [-0.2, -0.15) is 13.2 Å². The molecule has 0 N–H and O–H groups in total. The number of nitrogens with zero attached hydrogens (tertiary/aromatic N) is 1. The van der Waals surface area contributed by atoms with Crippen molar-refractivity contribution in [2.75, 3.05) is 0 Å². The van der Waals surface area contributed by atoms with E-state index in [0.29, 0.717) is 22.9 Å². The molecular formula is C24H16F3NO. The molecule has 0 saturated heterocycles. The Morgan fingerprint density at radius 2 is 1.38 bits per heavy atom. The van der Waals surface area contributed by atoms with Gasteiger partial charge in [-0.1, -0.05) is 72.8 Å². The highest BCUT2D eigenvalue weighted by Gasteiger charge is 2.30. The fourth-order valence-electron chi connectivity index (χ4n) is 2.97. The molecule has 29 heavy (non-hydrogen) atoms. The van der Waals surface area contributed by atoms with Crippen molar-refractivity contribution in [3.05, 3.63) is 102 Å². The Morgan fingerprint density at radius 1 is 0.724 bits per heavy atom. The molecule has 3 aromatic carbocycles. The predicted molar refractivity (Wildman–Crippen MR) is 108 cm³/mol. The fourth-order valence-corrected chi connectivity index (χ4v) is 2.97. The highest BCUT2D eigenvalue weighted by atomic mass is 19.4. The Bertz CT molecular complexity index is 1070. The first kappa shape index (κ1) is 18.7. The van der Waals surface area contributed by atoms with E-state index in [1.807, 2.05) is 60.7 Å². The average molecular weight is 391 g/mol. The van der Waals surface area contributed by atoms with Crippen LogP contribution in [-0.4, -0.2) is 4.98 Å². The second-order valence-electron chi connectivity index (χ2n) is 6.42. The first-order valence-electron chi connectivity index (χ1n) is 8.98. The van der Waals surface area contributed by atoms with Crippen molar-refractivity contribution in [1.29, 1.82) is 0 Å². The Morgan fingerprint density at radius 3 is 2.03 bits per heavy atom. The third-order valence-electron chi connectivity index (χ3n) is 4.36. The van der Waals surface area contributed by atoms with Crippen molar-refractivity contribution < 1.29 is 17.6 Å². The van der Waals surface area contributed by atoms with Crippen molar-refractivity contribution in [2.45, 2.75) is 6.18 Å². The number of alkyl halides is 3. The molecule has 0 aliphatic carbocycles. The summed E-state index contributed by atoms with van der Waals surface area (Å²) in [6.07, 6.45) is -1.24. The molecule has 0 atom stereocenters. The second-order valence-corrected chi connectivity index (χ2v) is 6.42. The Hall–Kier alpha value is -3.60. The van der Waals surface area contributed by atoms with Crippen LogP contribution in [0.4, 0.5) is 13.2 Å². The summed E-state index contributed by atoms with van der Waals surface area (Å²) in [6, 6.07) is 24.3. The highest BCUT2D eigenvalue weighted by molar-refractivity contribution is 5.78. The van der Waals surface area contributed by atoms with Gasteiger partial charge < -0.3 is 4.42 Å². The van der Waals surface area contributed by atoms with Gasteiger partial charge in [0.2, 0.25) is 5.89 Å². The van der Waals surface area contributed by atoms with Crippen LogP contribution < -0.4 is 0 Å². The van der Waals surface area contributed by atoms with Gasteiger partial charge in [-0.25, -0.2) is 4.98 Å². The molecular weight excluding hydrogens is 375 g/mol. The zero-order valence-electron chi connectivity index (χ0n) is 15.2. The van der Waals surface area contributed by atoms with Gasteiger partial charge in [-0.3, -0.25) is 0 Å². The zero-order chi connectivity index (χ0) is 20.3. The maximum atomic E-state index is 12.9. The monoisotopic (exact) mass is 391 g/mol. The van der Waals surface area contributed by atoms with E-state index >= 15 is 0 Å². The first-order chi connectivity index (χ1) is 14.0. The number of oxazole rings is 1. The van der Waals surface area contributed by atoms with E-state index in [0.717, 1.165) is 23.3 Å². The second kappa shape index (κ2) is 7.80. The summed E-state index contributed by atoms with van der Waals surface area (Å²) in [5.41, 5.74) is 2.18. The molecule has 5 heteroatoms. The molecule has 4 rings (SSSR count). The molecule has 0 radical (unpaired) electrons. The number of benzene rings is 3. The summed E-state index contributed by atoms with van der Waals surface area (Å²) < 4.78 is 44.7. The fraction of sp³-hybridized carbons (Fsp3) is 0.0417. The molecule has 2 nitrogen and oxygen atoms in total. The summed E-state index contributed by atoms with van der Waals surface area (Å²) in [5, 5.41) is 0. The molecule has 1 aromatic heterocycles. The first-order valence-corrected chi connectivity index (χ1v) is 8.98. The molecule has 4 aromatic rings. The quantitative estimate of drug-likeness (QED) is 0.368. The largest absolute Gasteiger partial charge is 0.436 e. The molecule has 0 spiro atoms. The van der Waals surface area contributed by atoms with Gasteiger partial charge in [0.1, 0.15) is 5.69 Å². The van der Waals surface area contributed by atoms with Gasteiger partial charge in [0, 0.05) is 17.2 Å². The van der Waals surface area contributed by atoms with Crippen molar-refractivity contribution in [2.24, 2.45) is 0 Å². The van der Waals surface area contributed by atoms with Crippen LogP contribution >= 0.6 is 0 Å². The zero-order valence-corrected chi connectivity index (χ0v) is 15.2. The van der Waals surface area contributed by atoms with Gasteiger partial charge in [-0.05, 0) is 23.8 Å². The van der Waals surface area contributed by atoms with E-state index in [-0.39, 0.29) is 0 Å². The van der Waals surface area contributed by atoms with Crippen molar-refractivity contribution in [1.82, 2.24) is 4.98 Å². The van der Waals surface area contributed by atoms with Gasteiger partial charge in [0.25, 0.3) is 0 Å². The SMILES string of the molecule is FC(F)(F)c1cccc(C=Cc2nc(-c3ccccc3)c(-c3ccccc3)o2)c1. The predicted octanol–water partition coefficient (Wildman–Crippen LogP) is 7.20. The van der Waals surface area contributed by atoms with Crippen LogP contribution in [0.5, 0.6) is 0 Å². The highest BCUT2D eigenvalue weighted by Crippen LogP contribution is 2.33. The lowest BCUT2D eigenvalue weighted by molar-refractivity contribution is -0.137. The Labute approximate surface area is 166 Å². The molecule has 0 unspecified atom stereocenters. The average Bonchev–Trinajstić information content (AvgIpc) is 3.18. The minimum atomic E-state index is -4.38. The third-order valence-corrected chi connectivity index (χ3v) is 4.36. The normalized spacial score (nSPS) is 11.8. The molecule has 0 aliphatic heterocycles. The molecule has 0 aliphatic rings. The molecule has 0 bridgehead atoms.